The number of hydrogen-bond acceptors (Lipinski definition) is 4. The Labute approximate surface area is 133 Å². The number of allylic oxidation sites excluding steroid dienone is 2. The highest BCUT2D eigenvalue weighted by molar-refractivity contribution is 5.75. The van der Waals surface area contributed by atoms with Gasteiger partial charge in [0.05, 0.1) is 18.3 Å². The molecule has 0 unspecified atom stereocenters. The van der Waals surface area contributed by atoms with Crippen molar-refractivity contribution in [2.75, 3.05) is 0 Å². The molecule has 3 N–H and O–H groups in total. The van der Waals surface area contributed by atoms with Gasteiger partial charge >= 0.3 is 0 Å². The van der Waals surface area contributed by atoms with Gasteiger partial charge in [-0.1, -0.05) is 31.2 Å². The molecule has 1 aliphatic carbocycles. The lowest BCUT2D eigenvalue weighted by molar-refractivity contribution is -0.117. The van der Waals surface area contributed by atoms with Crippen LogP contribution in [0.15, 0.2) is 24.3 Å². The fraction of sp³-hybridized carbons (Fsp3) is 0.722. The minimum Gasteiger partial charge on any atom is -0.393 e. The number of aliphatic hydroxyl groups is 3. The first kappa shape index (κ1) is 19.1. The zero-order valence-electron chi connectivity index (χ0n) is 13.7. The predicted molar refractivity (Wildman–Crippen MR) is 87.3 cm³/mol. The molecule has 0 amide bonds. The van der Waals surface area contributed by atoms with Crippen molar-refractivity contribution in [3.05, 3.63) is 24.3 Å². The molecule has 22 heavy (non-hydrogen) atoms. The lowest BCUT2D eigenvalue weighted by Crippen LogP contribution is -2.20. The number of Topliss-reactive ketones (excluding diaryl/α,β-unsaturated/α-hetero) is 1. The van der Waals surface area contributed by atoms with Crippen LogP contribution in [0.1, 0.15) is 52.4 Å². The summed E-state index contributed by atoms with van der Waals surface area (Å²) in [7, 11) is 0. The lowest BCUT2D eigenvalue weighted by Gasteiger charge is -2.19. The van der Waals surface area contributed by atoms with Gasteiger partial charge in [0.25, 0.3) is 0 Å². The Balaban J connectivity index is 2.48. The highest BCUT2D eigenvalue weighted by Gasteiger charge is 2.39. The second-order valence-corrected chi connectivity index (χ2v) is 6.27. The van der Waals surface area contributed by atoms with Gasteiger partial charge in [0.1, 0.15) is 5.78 Å². The van der Waals surface area contributed by atoms with E-state index in [0.717, 1.165) is 12.8 Å². The maximum atomic E-state index is 10.8. The van der Waals surface area contributed by atoms with Crippen molar-refractivity contribution in [3.63, 3.8) is 0 Å². The van der Waals surface area contributed by atoms with Gasteiger partial charge in [0.15, 0.2) is 0 Å². The second-order valence-electron chi connectivity index (χ2n) is 6.27. The third-order valence-corrected chi connectivity index (χ3v) is 4.36. The molecule has 5 atom stereocenters. The molecule has 4 heteroatoms. The number of hydrogen-bond donors (Lipinski definition) is 3. The summed E-state index contributed by atoms with van der Waals surface area (Å²) in [6.45, 7) is 3.50. The Morgan fingerprint density at radius 2 is 2.00 bits per heavy atom. The number of rotatable bonds is 9. The lowest BCUT2D eigenvalue weighted by atomic mass is 9.89. The number of carbonyl (C=O) groups is 1. The van der Waals surface area contributed by atoms with Gasteiger partial charge < -0.3 is 20.1 Å². The van der Waals surface area contributed by atoms with Crippen LogP contribution >= 0.6 is 0 Å². The normalized spacial score (nSPS) is 30.4. The number of carbonyl (C=O) groups excluding carboxylic acids is 1. The fourth-order valence-corrected chi connectivity index (χ4v) is 2.94. The van der Waals surface area contributed by atoms with Crippen LogP contribution in [0.4, 0.5) is 0 Å². The average Bonchev–Trinajstić information content (AvgIpc) is 2.73. The van der Waals surface area contributed by atoms with E-state index >= 15 is 0 Å². The molecular weight excluding hydrogens is 280 g/mol. The van der Waals surface area contributed by atoms with Crippen molar-refractivity contribution < 1.29 is 20.1 Å². The molecule has 1 saturated carbocycles. The molecule has 4 nitrogen and oxygen atoms in total. The van der Waals surface area contributed by atoms with Crippen molar-refractivity contribution >= 4 is 5.78 Å². The Morgan fingerprint density at radius 3 is 2.64 bits per heavy atom. The molecule has 0 saturated heterocycles. The molecular formula is C18H30O4. The summed E-state index contributed by atoms with van der Waals surface area (Å²) in [6, 6.07) is 0. The Morgan fingerprint density at radius 1 is 1.27 bits per heavy atom. The van der Waals surface area contributed by atoms with Crippen LogP contribution < -0.4 is 0 Å². The first-order valence-electron chi connectivity index (χ1n) is 8.32. The van der Waals surface area contributed by atoms with Crippen molar-refractivity contribution in [3.8, 4) is 0 Å². The van der Waals surface area contributed by atoms with E-state index in [1.54, 1.807) is 13.0 Å². The highest BCUT2D eigenvalue weighted by atomic mass is 16.3. The smallest absolute Gasteiger partial charge is 0.129 e. The van der Waals surface area contributed by atoms with E-state index < -0.39 is 18.3 Å². The van der Waals surface area contributed by atoms with Gasteiger partial charge in [0, 0.05) is 18.8 Å². The second kappa shape index (κ2) is 9.93. The number of aliphatic hydroxyl groups excluding tert-OH is 3. The summed E-state index contributed by atoms with van der Waals surface area (Å²) < 4.78 is 0. The number of ketones is 1. The van der Waals surface area contributed by atoms with Gasteiger partial charge in [-0.15, -0.1) is 0 Å². The molecule has 0 bridgehead atoms. The monoisotopic (exact) mass is 310 g/mol. The van der Waals surface area contributed by atoms with E-state index in [9.17, 15) is 20.1 Å². The first-order chi connectivity index (χ1) is 10.5. The molecule has 126 valence electrons. The maximum absolute atomic E-state index is 10.8. The van der Waals surface area contributed by atoms with E-state index in [1.807, 2.05) is 25.2 Å². The SMILES string of the molecule is CC[C@H](O)/C=C/[C@@H]1[C@@H](C/C=C\CCCC(C)=O)[C@@H](O)C[C@H]1O. The molecule has 0 heterocycles. The van der Waals surface area contributed by atoms with Gasteiger partial charge in [-0.05, 0) is 38.5 Å². The van der Waals surface area contributed by atoms with E-state index in [-0.39, 0.29) is 17.6 Å². The standard InChI is InChI=1S/C18H30O4/c1-3-14(20)10-11-16-15(17(21)12-18(16)22)9-7-5-4-6-8-13(2)19/h5,7,10-11,14-18,20-22H,3-4,6,8-9,12H2,1-2H3/b7-5-,11-10+/t14-,15+,16+,17-,18+/m0/s1. The minimum atomic E-state index is -0.550. The van der Waals surface area contributed by atoms with Crippen LogP contribution in [0.25, 0.3) is 0 Å². The first-order valence-corrected chi connectivity index (χ1v) is 8.32. The number of unbranched alkanes of at least 4 members (excludes halogenated alkanes) is 1. The molecule has 0 spiro atoms. The van der Waals surface area contributed by atoms with Crippen molar-refractivity contribution in [2.24, 2.45) is 11.8 Å². The Hall–Kier alpha value is -0.970. The fourth-order valence-electron chi connectivity index (χ4n) is 2.94. The van der Waals surface area contributed by atoms with Gasteiger partial charge in [-0.3, -0.25) is 0 Å². The topological polar surface area (TPSA) is 77.8 Å². The summed E-state index contributed by atoms with van der Waals surface area (Å²) in [6.07, 6.45) is 10.1. The van der Waals surface area contributed by atoms with Crippen molar-refractivity contribution in [2.45, 2.75) is 70.7 Å². The Bertz CT molecular complexity index is 389. The van der Waals surface area contributed by atoms with E-state index in [1.165, 1.54) is 0 Å². The third-order valence-electron chi connectivity index (χ3n) is 4.36. The largest absolute Gasteiger partial charge is 0.393 e. The van der Waals surface area contributed by atoms with Crippen molar-refractivity contribution in [1.29, 1.82) is 0 Å². The van der Waals surface area contributed by atoms with Crippen LogP contribution in [0.2, 0.25) is 0 Å². The minimum absolute atomic E-state index is 0.0145. The highest BCUT2D eigenvalue weighted by Crippen LogP contribution is 2.36. The zero-order chi connectivity index (χ0) is 16.5. The molecule has 0 aliphatic heterocycles. The summed E-state index contributed by atoms with van der Waals surface area (Å²) in [4.78, 5) is 10.8. The van der Waals surface area contributed by atoms with Crippen LogP contribution in [0.3, 0.4) is 0 Å². The summed E-state index contributed by atoms with van der Waals surface area (Å²) >= 11 is 0. The molecule has 0 aromatic rings. The van der Waals surface area contributed by atoms with Crippen LogP contribution in [0.5, 0.6) is 0 Å². The molecule has 1 fully saturated rings. The van der Waals surface area contributed by atoms with E-state index in [4.69, 9.17) is 0 Å². The van der Waals surface area contributed by atoms with E-state index in [0.29, 0.717) is 25.7 Å². The molecule has 0 aromatic carbocycles. The third kappa shape index (κ3) is 6.42. The van der Waals surface area contributed by atoms with Crippen LogP contribution in [-0.4, -0.2) is 39.4 Å². The van der Waals surface area contributed by atoms with Gasteiger partial charge in [-0.2, -0.15) is 0 Å². The molecule has 0 aromatic heterocycles. The molecule has 1 rings (SSSR count). The molecule has 0 radical (unpaired) electrons. The summed E-state index contributed by atoms with van der Waals surface area (Å²) in [5, 5.41) is 29.8. The molecule has 1 aliphatic rings. The van der Waals surface area contributed by atoms with Gasteiger partial charge in [-0.25, -0.2) is 0 Å². The average molecular weight is 310 g/mol. The van der Waals surface area contributed by atoms with Crippen molar-refractivity contribution in [1.82, 2.24) is 0 Å². The van der Waals surface area contributed by atoms with Crippen LogP contribution in [0, 0.1) is 11.8 Å². The predicted octanol–water partition coefficient (Wildman–Crippen LogP) is 2.38. The van der Waals surface area contributed by atoms with Gasteiger partial charge in [0.2, 0.25) is 0 Å². The maximum Gasteiger partial charge on any atom is 0.129 e. The van der Waals surface area contributed by atoms with Crippen LogP contribution in [-0.2, 0) is 4.79 Å². The summed E-state index contributed by atoms with van der Waals surface area (Å²) in [5.41, 5.74) is 0. The zero-order valence-corrected chi connectivity index (χ0v) is 13.7. The summed E-state index contributed by atoms with van der Waals surface area (Å²) in [5.74, 6) is 0.0832. The Kier molecular flexibility index (Phi) is 8.61. The quantitative estimate of drug-likeness (QED) is 0.451. The van der Waals surface area contributed by atoms with E-state index in [2.05, 4.69) is 0 Å².